The van der Waals surface area contributed by atoms with Gasteiger partial charge in [-0.05, 0) is 47.5 Å². The molecule has 0 spiro atoms. The van der Waals surface area contributed by atoms with Crippen LogP contribution in [0.2, 0.25) is 0 Å². The lowest BCUT2D eigenvalue weighted by atomic mass is 10.0. The number of nitrogens with one attached hydrogen (secondary N) is 2. The first kappa shape index (κ1) is 23.1. The fourth-order valence-electron chi connectivity index (χ4n) is 3.61. The minimum Gasteiger partial charge on any atom is -0.493 e. The van der Waals surface area contributed by atoms with E-state index >= 15 is 0 Å². The standard InChI is InChI=1S/C27H21N5O3/c1-34-24-8-5-18(9-25(24)35-2)14-32-27(33)20(13-29)10-22-16-31-26-23(22)11-21(15-30-26)19-6-3-17(12-28)4-7-19/h3-11,15-16H,14H2,1-2H3,(H,30,31)(H,32,33)/b20-10+. The fraction of sp³-hybridized carbons (Fsp3) is 0.111. The van der Waals surface area contributed by atoms with Crippen molar-refractivity contribution in [3.8, 4) is 34.8 Å². The second kappa shape index (κ2) is 10.2. The number of ether oxygens (including phenoxy) is 2. The molecule has 8 nitrogen and oxygen atoms in total. The van der Waals surface area contributed by atoms with Gasteiger partial charge in [0.25, 0.3) is 5.91 Å². The Morgan fingerprint density at radius 3 is 2.51 bits per heavy atom. The molecule has 8 heteroatoms. The summed E-state index contributed by atoms with van der Waals surface area (Å²) in [5.41, 5.74) is 4.41. The average molecular weight is 463 g/mol. The van der Waals surface area contributed by atoms with Crippen molar-refractivity contribution in [3.05, 3.63) is 83.2 Å². The van der Waals surface area contributed by atoms with E-state index in [1.54, 1.807) is 50.9 Å². The molecule has 0 bridgehead atoms. The van der Waals surface area contributed by atoms with E-state index in [-0.39, 0.29) is 12.1 Å². The summed E-state index contributed by atoms with van der Waals surface area (Å²) in [6.45, 7) is 0.219. The Balaban J connectivity index is 1.56. The third-order valence-corrected chi connectivity index (χ3v) is 5.48. The molecular formula is C27H21N5O3. The summed E-state index contributed by atoms with van der Waals surface area (Å²) in [6.07, 6.45) is 4.97. The van der Waals surface area contributed by atoms with Crippen molar-refractivity contribution in [1.82, 2.24) is 15.3 Å². The van der Waals surface area contributed by atoms with Crippen molar-refractivity contribution in [3.63, 3.8) is 0 Å². The molecule has 2 aromatic carbocycles. The molecule has 0 fully saturated rings. The first-order chi connectivity index (χ1) is 17.1. The normalized spacial score (nSPS) is 10.9. The van der Waals surface area contributed by atoms with Crippen LogP contribution in [0.5, 0.6) is 11.5 Å². The molecule has 172 valence electrons. The minimum atomic E-state index is -0.493. The Labute approximate surface area is 202 Å². The summed E-state index contributed by atoms with van der Waals surface area (Å²) in [6, 6.07) is 18.5. The lowest BCUT2D eigenvalue weighted by Crippen LogP contribution is -2.24. The van der Waals surface area contributed by atoms with E-state index in [4.69, 9.17) is 14.7 Å². The molecule has 2 heterocycles. The molecule has 0 saturated carbocycles. The number of carbonyl (C=O) groups is 1. The maximum atomic E-state index is 12.7. The number of hydrogen-bond donors (Lipinski definition) is 2. The Kier molecular flexibility index (Phi) is 6.76. The monoisotopic (exact) mass is 463 g/mol. The van der Waals surface area contributed by atoms with E-state index in [1.807, 2.05) is 30.3 Å². The summed E-state index contributed by atoms with van der Waals surface area (Å²) in [4.78, 5) is 20.2. The molecule has 0 unspecified atom stereocenters. The Hall–Kier alpha value is -5.08. The van der Waals surface area contributed by atoms with Crippen molar-refractivity contribution in [1.29, 1.82) is 10.5 Å². The van der Waals surface area contributed by atoms with E-state index in [1.165, 1.54) is 6.08 Å². The Morgan fingerprint density at radius 2 is 1.83 bits per heavy atom. The second-order valence-corrected chi connectivity index (χ2v) is 7.60. The molecule has 4 rings (SSSR count). The van der Waals surface area contributed by atoms with Crippen LogP contribution in [0.4, 0.5) is 0 Å². The van der Waals surface area contributed by atoms with Crippen LogP contribution < -0.4 is 14.8 Å². The van der Waals surface area contributed by atoms with E-state index < -0.39 is 5.91 Å². The van der Waals surface area contributed by atoms with Crippen molar-refractivity contribution in [2.45, 2.75) is 6.54 Å². The first-order valence-corrected chi connectivity index (χ1v) is 10.6. The Bertz CT molecular complexity index is 1500. The van der Waals surface area contributed by atoms with Gasteiger partial charge in [0.05, 0.1) is 25.9 Å². The number of hydrogen-bond acceptors (Lipinski definition) is 6. The van der Waals surface area contributed by atoms with Crippen LogP contribution in [-0.2, 0) is 11.3 Å². The number of aromatic nitrogens is 2. The summed E-state index contributed by atoms with van der Waals surface area (Å²) in [7, 11) is 3.09. The number of methoxy groups -OCH3 is 2. The summed E-state index contributed by atoms with van der Waals surface area (Å²) < 4.78 is 10.5. The molecule has 0 saturated heterocycles. The average Bonchev–Trinajstić information content (AvgIpc) is 3.31. The second-order valence-electron chi connectivity index (χ2n) is 7.60. The molecule has 4 aromatic rings. The molecule has 2 N–H and O–H groups in total. The molecule has 1 amide bonds. The number of carbonyl (C=O) groups excluding carboxylic acids is 1. The van der Waals surface area contributed by atoms with Gasteiger partial charge < -0.3 is 19.8 Å². The van der Waals surface area contributed by atoms with Crippen LogP contribution in [0.25, 0.3) is 28.2 Å². The van der Waals surface area contributed by atoms with Gasteiger partial charge >= 0.3 is 0 Å². The molecule has 0 aliphatic carbocycles. The highest BCUT2D eigenvalue weighted by Crippen LogP contribution is 2.28. The van der Waals surface area contributed by atoms with Gasteiger partial charge in [0.2, 0.25) is 0 Å². The van der Waals surface area contributed by atoms with Crippen LogP contribution in [0, 0.1) is 22.7 Å². The first-order valence-electron chi connectivity index (χ1n) is 10.6. The van der Waals surface area contributed by atoms with Crippen molar-refractivity contribution >= 4 is 23.0 Å². The van der Waals surface area contributed by atoms with Gasteiger partial charge in [0.15, 0.2) is 11.5 Å². The van der Waals surface area contributed by atoms with E-state index in [9.17, 15) is 10.1 Å². The van der Waals surface area contributed by atoms with Gasteiger partial charge in [-0.3, -0.25) is 4.79 Å². The van der Waals surface area contributed by atoms with Gasteiger partial charge in [-0.25, -0.2) is 4.98 Å². The number of fused-ring (bicyclic) bond motifs is 1. The van der Waals surface area contributed by atoms with Gasteiger partial charge in [-0.15, -0.1) is 0 Å². The molecular weight excluding hydrogens is 442 g/mol. The van der Waals surface area contributed by atoms with E-state index in [0.29, 0.717) is 28.3 Å². The third kappa shape index (κ3) is 4.97. The predicted octanol–water partition coefficient (Wildman–Crippen LogP) is 4.34. The largest absolute Gasteiger partial charge is 0.493 e. The zero-order valence-electron chi connectivity index (χ0n) is 19.1. The van der Waals surface area contributed by atoms with Gasteiger partial charge in [0.1, 0.15) is 17.3 Å². The zero-order chi connectivity index (χ0) is 24.8. The van der Waals surface area contributed by atoms with Gasteiger partial charge in [-0.2, -0.15) is 10.5 Å². The number of H-pyrrole nitrogens is 1. The number of rotatable bonds is 7. The molecule has 35 heavy (non-hydrogen) atoms. The number of nitriles is 2. The molecule has 0 atom stereocenters. The Morgan fingerprint density at radius 1 is 1.06 bits per heavy atom. The highest BCUT2D eigenvalue weighted by atomic mass is 16.5. The van der Waals surface area contributed by atoms with Crippen molar-refractivity contribution in [2.24, 2.45) is 0 Å². The van der Waals surface area contributed by atoms with E-state index in [0.717, 1.165) is 22.1 Å². The van der Waals surface area contributed by atoms with Gasteiger partial charge in [0, 0.05) is 35.5 Å². The van der Waals surface area contributed by atoms with Crippen LogP contribution >= 0.6 is 0 Å². The minimum absolute atomic E-state index is 0.0323. The van der Waals surface area contributed by atoms with Crippen LogP contribution in [0.15, 0.2) is 66.5 Å². The number of amides is 1. The topological polar surface area (TPSA) is 124 Å². The lowest BCUT2D eigenvalue weighted by molar-refractivity contribution is -0.117. The van der Waals surface area contributed by atoms with Crippen molar-refractivity contribution in [2.75, 3.05) is 14.2 Å². The highest BCUT2D eigenvalue weighted by Gasteiger charge is 2.13. The maximum Gasteiger partial charge on any atom is 0.262 e. The zero-order valence-corrected chi connectivity index (χ0v) is 19.1. The SMILES string of the molecule is COc1ccc(CNC(=O)/C(C#N)=C/c2c[nH]c3ncc(-c4ccc(C#N)cc4)cc23)cc1OC. The lowest BCUT2D eigenvalue weighted by Gasteiger charge is -2.10. The molecule has 2 aromatic heterocycles. The summed E-state index contributed by atoms with van der Waals surface area (Å²) >= 11 is 0. The quantitative estimate of drug-likeness (QED) is 0.310. The van der Waals surface area contributed by atoms with Crippen molar-refractivity contribution < 1.29 is 14.3 Å². The predicted molar refractivity (Wildman–Crippen MR) is 131 cm³/mol. The summed E-state index contributed by atoms with van der Waals surface area (Å²) in [5, 5.41) is 22.2. The van der Waals surface area contributed by atoms with Crippen LogP contribution in [0.3, 0.4) is 0 Å². The maximum absolute atomic E-state index is 12.7. The molecule has 0 radical (unpaired) electrons. The number of pyridine rings is 1. The number of benzene rings is 2. The van der Waals surface area contributed by atoms with Gasteiger partial charge in [-0.1, -0.05) is 18.2 Å². The number of nitrogens with zero attached hydrogens (tertiary/aromatic N) is 3. The molecule has 0 aliphatic rings. The molecule has 0 aliphatic heterocycles. The third-order valence-electron chi connectivity index (χ3n) is 5.48. The smallest absolute Gasteiger partial charge is 0.262 e. The van der Waals surface area contributed by atoms with Crippen LogP contribution in [-0.4, -0.2) is 30.1 Å². The van der Waals surface area contributed by atoms with Crippen LogP contribution in [0.1, 0.15) is 16.7 Å². The fourth-order valence-corrected chi connectivity index (χ4v) is 3.61. The highest BCUT2D eigenvalue weighted by molar-refractivity contribution is 6.04. The van der Waals surface area contributed by atoms with E-state index in [2.05, 4.69) is 21.4 Å². The summed E-state index contributed by atoms with van der Waals surface area (Å²) in [5.74, 6) is 0.654. The number of aromatic amines is 1.